The fourth-order valence-corrected chi connectivity index (χ4v) is 0.764. The second-order valence-corrected chi connectivity index (χ2v) is 2.19. The van der Waals surface area contributed by atoms with E-state index in [4.69, 9.17) is 5.26 Å². The van der Waals surface area contributed by atoms with E-state index in [1.807, 2.05) is 5.32 Å². The van der Waals surface area contributed by atoms with Gasteiger partial charge in [0, 0.05) is 12.4 Å². The van der Waals surface area contributed by atoms with E-state index >= 15 is 0 Å². The first-order chi connectivity index (χ1) is 6.24. The van der Waals surface area contributed by atoms with E-state index in [1.54, 1.807) is 0 Å². The highest BCUT2D eigenvalue weighted by molar-refractivity contribution is 5.77. The highest BCUT2D eigenvalue weighted by Gasteiger charge is 2.02. The molecular weight excluding hydrogens is 172 g/mol. The molecule has 0 unspecified atom stereocenters. The molecule has 0 atom stereocenters. The fraction of sp³-hybridized carbons (Fsp3) is 0.143. The van der Waals surface area contributed by atoms with Gasteiger partial charge in [0.15, 0.2) is 6.19 Å². The first-order valence-corrected chi connectivity index (χ1v) is 3.43. The minimum atomic E-state index is -0.544. The molecule has 1 rings (SSSR count). The Morgan fingerprint density at radius 2 is 2.54 bits per heavy atom. The van der Waals surface area contributed by atoms with Crippen LogP contribution < -0.4 is 11.0 Å². The van der Waals surface area contributed by atoms with Gasteiger partial charge in [-0.15, -0.1) is 0 Å². The summed E-state index contributed by atoms with van der Waals surface area (Å²) in [5.74, 6) is -0.544. The van der Waals surface area contributed by atoms with Crippen molar-refractivity contribution in [1.82, 2.24) is 14.9 Å². The van der Waals surface area contributed by atoms with Crippen molar-refractivity contribution in [2.75, 3.05) is 0 Å². The first-order valence-electron chi connectivity index (χ1n) is 3.43. The molecule has 0 aromatic carbocycles. The van der Waals surface area contributed by atoms with E-state index < -0.39 is 11.6 Å². The number of carbonyl (C=O) groups excluding carboxylic acids is 1. The van der Waals surface area contributed by atoms with Crippen LogP contribution in [0.2, 0.25) is 0 Å². The van der Waals surface area contributed by atoms with Crippen molar-refractivity contribution in [2.45, 2.75) is 6.54 Å². The topological polar surface area (TPSA) is 87.8 Å². The number of hydrogen-bond donors (Lipinski definition) is 1. The molecule has 0 saturated carbocycles. The summed E-state index contributed by atoms with van der Waals surface area (Å²) in [7, 11) is 0. The zero-order valence-electron chi connectivity index (χ0n) is 6.60. The third kappa shape index (κ3) is 2.41. The van der Waals surface area contributed by atoms with Crippen LogP contribution >= 0.6 is 0 Å². The standard InChI is InChI=1S/C7H6N4O2/c8-5-10-6(12)4-11-3-1-2-9-7(11)13/h1-3H,4H2,(H,10,12). The van der Waals surface area contributed by atoms with Crippen molar-refractivity contribution in [1.29, 1.82) is 5.26 Å². The molecule has 0 aliphatic carbocycles. The average Bonchev–Trinajstić information content (AvgIpc) is 2.09. The summed E-state index contributed by atoms with van der Waals surface area (Å²) in [6.07, 6.45) is 4.23. The molecule has 1 N–H and O–H groups in total. The van der Waals surface area contributed by atoms with E-state index in [0.29, 0.717) is 0 Å². The Morgan fingerprint density at radius 1 is 1.77 bits per heavy atom. The quantitative estimate of drug-likeness (QED) is 0.457. The van der Waals surface area contributed by atoms with Gasteiger partial charge in [-0.25, -0.2) is 9.78 Å². The van der Waals surface area contributed by atoms with Crippen LogP contribution in [0.3, 0.4) is 0 Å². The lowest BCUT2D eigenvalue weighted by Gasteiger charge is -2.00. The number of nitrogens with zero attached hydrogens (tertiary/aromatic N) is 3. The molecule has 1 aromatic heterocycles. The molecule has 0 radical (unpaired) electrons. The van der Waals surface area contributed by atoms with Gasteiger partial charge in [0.25, 0.3) is 5.91 Å². The second-order valence-electron chi connectivity index (χ2n) is 2.19. The lowest BCUT2D eigenvalue weighted by atomic mass is 10.5. The summed E-state index contributed by atoms with van der Waals surface area (Å²) in [5, 5.41) is 10.00. The molecule has 0 aliphatic heterocycles. The summed E-state index contributed by atoms with van der Waals surface area (Å²) in [6, 6.07) is 1.53. The number of hydrogen-bond acceptors (Lipinski definition) is 4. The molecule has 1 aromatic rings. The number of amides is 1. The van der Waals surface area contributed by atoms with Crippen LogP contribution in [0.5, 0.6) is 0 Å². The van der Waals surface area contributed by atoms with E-state index in [9.17, 15) is 9.59 Å². The lowest BCUT2D eigenvalue weighted by Crippen LogP contribution is -2.30. The number of aromatic nitrogens is 2. The number of carbonyl (C=O) groups is 1. The Labute approximate surface area is 73.4 Å². The molecule has 0 saturated heterocycles. The molecule has 1 heterocycles. The summed E-state index contributed by atoms with van der Waals surface area (Å²) in [4.78, 5) is 25.2. The third-order valence-corrected chi connectivity index (χ3v) is 1.29. The molecule has 6 heteroatoms. The monoisotopic (exact) mass is 178 g/mol. The first kappa shape index (κ1) is 8.93. The van der Waals surface area contributed by atoms with Crippen LogP contribution in [0.1, 0.15) is 0 Å². The molecule has 1 amide bonds. The van der Waals surface area contributed by atoms with Crippen molar-refractivity contribution in [3.8, 4) is 6.19 Å². The largest absolute Gasteiger partial charge is 0.347 e. The van der Waals surface area contributed by atoms with Gasteiger partial charge in [0.2, 0.25) is 0 Å². The predicted molar refractivity (Wildman–Crippen MR) is 42.3 cm³/mol. The van der Waals surface area contributed by atoms with Crippen molar-refractivity contribution < 1.29 is 4.79 Å². The fourth-order valence-electron chi connectivity index (χ4n) is 0.764. The minimum Gasteiger partial charge on any atom is -0.290 e. The average molecular weight is 178 g/mol. The molecular formula is C7H6N4O2. The van der Waals surface area contributed by atoms with Crippen LogP contribution in [0.4, 0.5) is 0 Å². The molecule has 66 valence electrons. The highest BCUT2D eigenvalue weighted by Crippen LogP contribution is 1.78. The van der Waals surface area contributed by atoms with E-state index in [1.165, 1.54) is 24.7 Å². The molecule has 0 aliphatic rings. The molecule has 0 fully saturated rings. The zero-order chi connectivity index (χ0) is 9.68. The van der Waals surface area contributed by atoms with Crippen LogP contribution in [0, 0.1) is 11.5 Å². The van der Waals surface area contributed by atoms with Gasteiger partial charge in [-0.05, 0) is 6.07 Å². The minimum absolute atomic E-state index is 0.194. The van der Waals surface area contributed by atoms with Crippen LogP contribution in [-0.4, -0.2) is 15.5 Å². The number of nitrogens with one attached hydrogen (secondary N) is 1. The van der Waals surface area contributed by atoms with Crippen molar-refractivity contribution in [2.24, 2.45) is 0 Å². The van der Waals surface area contributed by atoms with E-state index in [2.05, 4.69) is 4.98 Å². The van der Waals surface area contributed by atoms with E-state index in [-0.39, 0.29) is 6.54 Å². The Bertz CT molecular complexity index is 403. The Hall–Kier alpha value is -2.16. The maximum Gasteiger partial charge on any atom is 0.347 e. The Morgan fingerprint density at radius 3 is 3.15 bits per heavy atom. The van der Waals surface area contributed by atoms with Crippen LogP contribution in [-0.2, 0) is 11.3 Å². The van der Waals surface area contributed by atoms with Gasteiger partial charge in [-0.1, -0.05) is 0 Å². The summed E-state index contributed by atoms with van der Waals surface area (Å²) < 4.78 is 1.10. The number of rotatable bonds is 2. The zero-order valence-corrected chi connectivity index (χ0v) is 6.60. The smallest absolute Gasteiger partial charge is 0.290 e. The summed E-state index contributed by atoms with van der Waals surface area (Å²) in [6.45, 7) is -0.194. The maximum atomic E-state index is 10.9. The van der Waals surface area contributed by atoms with Gasteiger partial charge < -0.3 is 0 Å². The molecule has 0 spiro atoms. The van der Waals surface area contributed by atoms with E-state index in [0.717, 1.165) is 4.57 Å². The summed E-state index contributed by atoms with van der Waals surface area (Å²) in [5.41, 5.74) is -0.518. The summed E-state index contributed by atoms with van der Waals surface area (Å²) >= 11 is 0. The molecule has 0 bridgehead atoms. The Kier molecular flexibility index (Phi) is 2.76. The van der Waals surface area contributed by atoms with Crippen molar-refractivity contribution in [3.63, 3.8) is 0 Å². The van der Waals surface area contributed by atoms with Gasteiger partial charge >= 0.3 is 5.69 Å². The highest BCUT2D eigenvalue weighted by atomic mass is 16.2. The normalized spacial score (nSPS) is 8.85. The van der Waals surface area contributed by atoms with Crippen LogP contribution in [0.15, 0.2) is 23.3 Å². The van der Waals surface area contributed by atoms with Crippen molar-refractivity contribution >= 4 is 5.91 Å². The van der Waals surface area contributed by atoms with Crippen LogP contribution in [0.25, 0.3) is 0 Å². The van der Waals surface area contributed by atoms with Gasteiger partial charge in [0.1, 0.15) is 6.54 Å². The third-order valence-electron chi connectivity index (χ3n) is 1.29. The van der Waals surface area contributed by atoms with Gasteiger partial charge in [0.05, 0.1) is 0 Å². The second kappa shape index (κ2) is 4.01. The van der Waals surface area contributed by atoms with Crippen molar-refractivity contribution in [3.05, 3.63) is 28.9 Å². The lowest BCUT2D eigenvalue weighted by molar-refractivity contribution is -0.120. The SMILES string of the molecule is N#CNC(=O)Cn1cccnc1=O. The Balaban J connectivity index is 2.76. The number of nitriles is 1. The van der Waals surface area contributed by atoms with Gasteiger partial charge in [-0.2, -0.15) is 5.26 Å². The van der Waals surface area contributed by atoms with Gasteiger partial charge in [-0.3, -0.25) is 14.7 Å². The molecule has 13 heavy (non-hydrogen) atoms. The predicted octanol–water partition coefficient (Wildman–Crippen LogP) is -1.16. The maximum absolute atomic E-state index is 10.9. The molecule has 6 nitrogen and oxygen atoms in total.